The lowest BCUT2D eigenvalue weighted by Gasteiger charge is -2.07. The third-order valence-corrected chi connectivity index (χ3v) is 3.83. The molecule has 1 heterocycles. The van der Waals surface area contributed by atoms with E-state index in [0.717, 1.165) is 16.9 Å². The fourth-order valence-corrected chi connectivity index (χ4v) is 2.35. The van der Waals surface area contributed by atoms with Gasteiger partial charge in [0.25, 0.3) is 0 Å². The maximum Gasteiger partial charge on any atom is 0.340 e. The zero-order chi connectivity index (χ0) is 17.8. The fourth-order valence-electron chi connectivity index (χ4n) is 2.35. The van der Waals surface area contributed by atoms with E-state index in [1.165, 1.54) is 0 Å². The Balaban J connectivity index is 1.67. The van der Waals surface area contributed by atoms with Gasteiger partial charge in [0.2, 0.25) is 0 Å². The minimum absolute atomic E-state index is 0.0185. The second kappa shape index (κ2) is 7.09. The highest BCUT2D eigenvalue weighted by atomic mass is 16.5. The van der Waals surface area contributed by atoms with Gasteiger partial charge in [-0.15, -0.1) is 0 Å². The monoisotopic (exact) mass is 338 g/mol. The molecule has 0 amide bonds. The lowest BCUT2D eigenvalue weighted by atomic mass is 10.1. The summed E-state index contributed by atoms with van der Waals surface area (Å²) in [4.78, 5) is 12.2. The molecule has 3 aromatic rings. The summed E-state index contributed by atoms with van der Waals surface area (Å²) in [6.07, 6.45) is 0. The third-order valence-electron chi connectivity index (χ3n) is 3.83. The van der Waals surface area contributed by atoms with Gasteiger partial charge in [0, 0.05) is 17.3 Å². The van der Waals surface area contributed by atoms with Crippen molar-refractivity contribution in [3.8, 4) is 17.0 Å². The number of esters is 1. The van der Waals surface area contributed by atoms with Gasteiger partial charge in [-0.1, -0.05) is 17.3 Å². The molecule has 0 aliphatic carbocycles. The number of hydrogen-bond donors (Lipinski definition) is 1. The number of rotatable bonds is 5. The molecule has 25 heavy (non-hydrogen) atoms. The van der Waals surface area contributed by atoms with Gasteiger partial charge in [0.15, 0.2) is 12.4 Å². The van der Waals surface area contributed by atoms with Crippen LogP contribution < -0.4 is 10.5 Å². The minimum atomic E-state index is -0.497. The number of carbonyl (C=O) groups excluding carboxylic acids is 1. The van der Waals surface area contributed by atoms with Crippen molar-refractivity contribution in [3.05, 3.63) is 65.4 Å². The van der Waals surface area contributed by atoms with Crippen molar-refractivity contribution >= 4 is 11.7 Å². The highest BCUT2D eigenvalue weighted by Gasteiger charge is 2.14. The first-order valence-corrected chi connectivity index (χ1v) is 7.70. The summed E-state index contributed by atoms with van der Waals surface area (Å²) in [5.41, 5.74) is 9.04. The summed E-state index contributed by atoms with van der Waals surface area (Å²) in [6, 6.07) is 14.4. The molecular weight excluding hydrogens is 320 g/mol. The molecule has 0 unspecified atom stereocenters. The van der Waals surface area contributed by atoms with Crippen LogP contribution in [0, 0.1) is 6.92 Å². The van der Waals surface area contributed by atoms with Crippen LogP contribution in [0.2, 0.25) is 0 Å². The number of methoxy groups -OCH3 is 1. The van der Waals surface area contributed by atoms with Gasteiger partial charge in [-0.05, 0) is 42.8 Å². The Kier molecular flexibility index (Phi) is 4.70. The Morgan fingerprint density at radius 2 is 1.96 bits per heavy atom. The predicted octanol–water partition coefficient (Wildman–Crippen LogP) is 3.60. The Labute approximate surface area is 145 Å². The number of aryl methyl sites for hydroxylation is 1. The molecule has 0 saturated carbocycles. The van der Waals surface area contributed by atoms with Gasteiger partial charge in [0.1, 0.15) is 11.4 Å². The van der Waals surface area contributed by atoms with Crippen molar-refractivity contribution < 1.29 is 18.8 Å². The molecule has 3 rings (SSSR count). The van der Waals surface area contributed by atoms with E-state index in [2.05, 4.69) is 5.16 Å². The summed E-state index contributed by atoms with van der Waals surface area (Å²) in [7, 11) is 1.61. The fraction of sp³-hybridized carbons (Fsp3) is 0.158. The maximum absolute atomic E-state index is 12.2. The summed E-state index contributed by atoms with van der Waals surface area (Å²) in [5, 5.41) is 3.99. The SMILES string of the molecule is COc1ccc(-c2cc(COC(=O)c3cccc(C)c3N)on2)cc1. The van der Waals surface area contributed by atoms with Crippen molar-refractivity contribution in [2.45, 2.75) is 13.5 Å². The number of anilines is 1. The van der Waals surface area contributed by atoms with Gasteiger partial charge in [0.05, 0.1) is 12.7 Å². The van der Waals surface area contributed by atoms with E-state index in [9.17, 15) is 4.79 Å². The Bertz CT molecular complexity index is 885. The average molecular weight is 338 g/mol. The largest absolute Gasteiger partial charge is 0.497 e. The van der Waals surface area contributed by atoms with E-state index in [-0.39, 0.29) is 6.61 Å². The van der Waals surface area contributed by atoms with Crippen molar-refractivity contribution in [3.63, 3.8) is 0 Å². The summed E-state index contributed by atoms with van der Waals surface area (Å²) < 4.78 is 15.6. The standard InChI is InChI=1S/C19H18N2O4/c1-12-4-3-5-16(18(12)20)19(22)24-11-15-10-17(21-25-15)13-6-8-14(23-2)9-7-13/h3-10H,11,20H2,1-2H3. The quantitative estimate of drug-likeness (QED) is 0.565. The molecule has 0 fully saturated rings. The van der Waals surface area contributed by atoms with Crippen LogP contribution in [-0.4, -0.2) is 18.2 Å². The van der Waals surface area contributed by atoms with Crippen LogP contribution in [0.5, 0.6) is 5.75 Å². The molecule has 0 aliphatic heterocycles. The van der Waals surface area contributed by atoms with E-state index in [1.807, 2.05) is 37.3 Å². The van der Waals surface area contributed by atoms with Gasteiger partial charge in [-0.25, -0.2) is 4.79 Å². The number of aromatic nitrogens is 1. The molecule has 0 atom stereocenters. The first-order valence-electron chi connectivity index (χ1n) is 7.70. The number of nitrogens with two attached hydrogens (primary N) is 1. The highest BCUT2D eigenvalue weighted by Crippen LogP contribution is 2.23. The van der Waals surface area contributed by atoms with E-state index in [0.29, 0.717) is 22.7 Å². The second-order valence-electron chi connectivity index (χ2n) is 5.52. The minimum Gasteiger partial charge on any atom is -0.497 e. The Hall–Kier alpha value is -3.28. The van der Waals surface area contributed by atoms with E-state index in [4.69, 9.17) is 19.7 Å². The van der Waals surface area contributed by atoms with Crippen molar-refractivity contribution in [2.75, 3.05) is 12.8 Å². The first kappa shape index (κ1) is 16.6. The Morgan fingerprint density at radius 3 is 2.68 bits per heavy atom. The number of carbonyl (C=O) groups is 1. The maximum atomic E-state index is 12.2. The summed E-state index contributed by atoms with van der Waals surface area (Å²) in [5.74, 6) is 0.714. The molecule has 0 spiro atoms. The molecule has 0 radical (unpaired) electrons. The third kappa shape index (κ3) is 3.63. The summed E-state index contributed by atoms with van der Waals surface area (Å²) >= 11 is 0. The zero-order valence-electron chi connectivity index (χ0n) is 14.0. The van der Waals surface area contributed by atoms with Gasteiger partial charge >= 0.3 is 5.97 Å². The number of ether oxygens (including phenoxy) is 2. The normalized spacial score (nSPS) is 10.5. The van der Waals surface area contributed by atoms with Crippen LogP contribution in [0.25, 0.3) is 11.3 Å². The van der Waals surface area contributed by atoms with Crippen molar-refractivity contribution in [1.29, 1.82) is 0 Å². The van der Waals surface area contributed by atoms with E-state index < -0.39 is 5.97 Å². The topological polar surface area (TPSA) is 87.6 Å². The smallest absolute Gasteiger partial charge is 0.340 e. The molecule has 6 nitrogen and oxygen atoms in total. The van der Waals surface area contributed by atoms with Crippen LogP contribution in [0.15, 0.2) is 53.1 Å². The van der Waals surface area contributed by atoms with Gasteiger partial charge < -0.3 is 19.7 Å². The van der Waals surface area contributed by atoms with Gasteiger partial charge in [-0.3, -0.25) is 0 Å². The molecule has 6 heteroatoms. The average Bonchev–Trinajstić information content (AvgIpc) is 3.11. The first-order chi connectivity index (χ1) is 12.1. The van der Waals surface area contributed by atoms with Crippen LogP contribution in [0.1, 0.15) is 21.7 Å². The van der Waals surface area contributed by atoms with Crippen molar-refractivity contribution in [1.82, 2.24) is 5.16 Å². The van der Waals surface area contributed by atoms with Crippen LogP contribution in [0.3, 0.4) is 0 Å². The van der Waals surface area contributed by atoms with Crippen LogP contribution in [-0.2, 0) is 11.3 Å². The number of nitrogen functional groups attached to an aromatic ring is 1. The summed E-state index contributed by atoms with van der Waals surface area (Å²) in [6.45, 7) is 1.82. The lowest BCUT2D eigenvalue weighted by molar-refractivity contribution is 0.0438. The number of benzene rings is 2. The number of hydrogen-bond acceptors (Lipinski definition) is 6. The molecule has 0 bridgehead atoms. The second-order valence-corrected chi connectivity index (χ2v) is 5.52. The molecule has 0 aliphatic rings. The molecule has 2 N–H and O–H groups in total. The molecule has 0 saturated heterocycles. The Morgan fingerprint density at radius 1 is 1.20 bits per heavy atom. The zero-order valence-corrected chi connectivity index (χ0v) is 14.0. The molecule has 1 aromatic heterocycles. The molecular formula is C19H18N2O4. The van der Waals surface area contributed by atoms with E-state index in [1.54, 1.807) is 25.3 Å². The lowest BCUT2D eigenvalue weighted by Crippen LogP contribution is -2.08. The van der Waals surface area contributed by atoms with Crippen LogP contribution >= 0.6 is 0 Å². The number of para-hydroxylation sites is 1. The number of nitrogens with zero attached hydrogens (tertiary/aromatic N) is 1. The van der Waals surface area contributed by atoms with Gasteiger partial charge in [-0.2, -0.15) is 0 Å². The van der Waals surface area contributed by atoms with Crippen LogP contribution in [0.4, 0.5) is 5.69 Å². The highest BCUT2D eigenvalue weighted by molar-refractivity contribution is 5.95. The molecule has 2 aromatic carbocycles. The van der Waals surface area contributed by atoms with E-state index >= 15 is 0 Å². The van der Waals surface area contributed by atoms with Crippen molar-refractivity contribution in [2.24, 2.45) is 0 Å². The molecule has 128 valence electrons. The predicted molar refractivity (Wildman–Crippen MR) is 93.2 cm³/mol.